The molecule has 11 rings (SSSR count). The molecule has 0 heterocycles. The van der Waals surface area contributed by atoms with Crippen molar-refractivity contribution in [2.24, 2.45) is 106 Å². The van der Waals surface area contributed by atoms with E-state index in [-0.39, 0.29) is 198 Å². The molecule has 4 nitrogen and oxygen atoms in total. The van der Waals surface area contributed by atoms with Crippen LogP contribution in [-0.4, -0.2) is 48.3 Å². The molecule has 0 saturated heterocycles. The van der Waals surface area contributed by atoms with Crippen molar-refractivity contribution >= 4 is 0 Å². The van der Waals surface area contributed by atoms with Crippen molar-refractivity contribution in [3.05, 3.63) is 203 Å². The molecule has 0 aromatic rings. The van der Waals surface area contributed by atoms with E-state index in [2.05, 4.69) is 203 Å². The first kappa shape index (κ1) is 116. The van der Waals surface area contributed by atoms with Gasteiger partial charge in [0.2, 0.25) is 0 Å². The summed E-state index contributed by atoms with van der Waals surface area (Å²) >= 11 is 0. The van der Waals surface area contributed by atoms with E-state index in [1.165, 1.54) is 70.6 Å². The zero-order valence-electron chi connectivity index (χ0n) is 71.1. The molecule has 16 atom stereocenters. The second kappa shape index (κ2) is 45.3. The van der Waals surface area contributed by atoms with Crippen LogP contribution in [0, 0.1) is 195 Å². The number of hydrogen-bond donors (Lipinski definition) is 0. The average molecular weight is 1480 g/mol. The van der Waals surface area contributed by atoms with Crippen molar-refractivity contribution < 1.29 is 86.9 Å². The first-order chi connectivity index (χ1) is 37.4. The van der Waals surface area contributed by atoms with Gasteiger partial charge in [-0.15, -0.1) is 48.3 Å². The summed E-state index contributed by atoms with van der Waals surface area (Å²) in [5.41, 5.74) is 17.9. The van der Waals surface area contributed by atoms with Gasteiger partial charge >= 0.3 is 86.9 Å². The van der Waals surface area contributed by atoms with Crippen molar-refractivity contribution in [2.45, 2.75) is 259 Å². The Morgan fingerprint density at radius 1 is 0.381 bits per heavy atom. The van der Waals surface area contributed by atoms with Gasteiger partial charge < -0.3 is 110 Å². The summed E-state index contributed by atoms with van der Waals surface area (Å²) in [5, 5.41) is 19.7. The summed E-state index contributed by atoms with van der Waals surface area (Å²) in [6, 6.07) is 0. The summed E-state index contributed by atoms with van der Waals surface area (Å²) in [6.45, 7) is 59.6. The number of allylic oxidation sites excluding steroid dienone is 16. The molecule has 8 heteroatoms. The molecule has 97 heavy (non-hydrogen) atoms. The molecule has 11 aliphatic carbocycles. The smallest absolute Gasteiger partial charge is 0.657 e. The molecule has 6 saturated carbocycles. The van der Waals surface area contributed by atoms with Gasteiger partial charge in [-0.05, 0) is 219 Å². The van der Waals surface area contributed by atoms with Gasteiger partial charge in [-0.25, -0.2) is 0 Å². The summed E-state index contributed by atoms with van der Waals surface area (Å²) in [6.07, 6.45) is 30.2. The summed E-state index contributed by atoms with van der Waals surface area (Å²) in [7, 11) is 0. The average Bonchev–Trinajstić information content (AvgIpc) is 1.64. The topological polar surface area (TPSA) is 56.4 Å². The summed E-state index contributed by atoms with van der Waals surface area (Å²) in [5.74, 6) is 12.5. The molecular weight excluding hydrogens is 1320 g/mol. The third kappa shape index (κ3) is 29.4. The van der Waals surface area contributed by atoms with Crippen LogP contribution >= 0.6 is 0 Å². The van der Waals surface area contributed by atoms with Crippen molar-refractivity contribution in [1.29, 1.82) is 0 Å². The molecule has 0 amide bonds. The third-order valence-corrected chi connectivity index (χ3v) is 22.6. The molecule has 0 aromatic carbocycles. The monoisotopic (exact) mass is 1480 g/mol. The van der Waals surface area contributed by atoms with Crippen LogP contribution in [0.1, 0.15) is 237 Å². The van der Waals surface area contributed by atoms with Crippen LogP contribution < -0.4 is 0 Å². The Kier molecular flexibility index (Phi) is 54.2. The molecule has 11 aliphatic rings. The molecular formula is C89H160N4Ti4. The zero-order chi connectivity index (χ0) is 59.7. The van der Waals surface area contributed by atoms with Crippen molar-refractivity contribution in [1.82, 2.24) is 0 Å². The Bertz CT molecular complexity index is 2520. The SMILES string of the molecule is CC1=C(C)C2CC(C)C(C[N-]C(C)(C)C)C2C(C)=C1C.CC1CC2C3=C(C=CC2C1C[N-]C(C)(C)C)CC(C)(C)C3.CC1CC2C=C3CC(C)(C)CC3=CC2C1C[N-]C(C)(C)C.CC1CC2C=C3CCCC3=CC2C1C[N-]C(C)(C)C.[CH3-].[CH3-].[CH3-].[CH3-].[CH3-].[CH3-].[CH3-].[CH3-].[CH3-].[CH3-].[CH3-].[CH3-].[Ti+4].[Ti+4].[Ti+4].[Ti+4]. The maximum absolute atomic E-state index is 4.94. The molecule has 0 radical (unpaired) electrons. The van der Waals surface area contributed by atoms with E-state index in [1.54, 1.807) is 55.7 Å². The Morgan fingerprint density at radius 2 is 0.701 bits per heavy atom. The van der Waals surface area contributed by atoms with E-state index >= 15 is 0 Å². The van der Waals surface area contributed by atoms with Crippen molar-refractivity contribution in [3.63, 3.8) is 0 Å². The van der Waals surface area contributed by atoms with Crippen LogP contribution in [0.2, 0.25) is 0 Å². The first-order valence-electron chi connectivity index (χ1n) is 33.7. The maximum atomic E-state index is 4.94. The van der Waals surface area contributed by atoms with Crippen LogP contribution in [-0.2, 0) is 86.9 Å². The van der Waals surface area contributed by atoms with Crippen LogP contribution in [0.5, 0.6) is 0 Å². The second-order valence-electron chi connectivity index (χ2n) is 35.0. The van der Waals surface area contributed by atoms with E-state index in [0.717, 1.165) is 121 Å². The minimum Gasteiger partial charge on any atom is -0.657 e. The molecule has 0 aliphatic heterocycles. The van der Waals surface area contributed by atoms with Gasteiger partial charge in [0.1, 0.15) is 0 Å². The molecule has 0 spiro atoms. The standard InChI is InChI=1S/2C20H32N.C19H32N.C18H28N.12CH3.4Ti/c1-13-7-14-8-15-10-20(5,6)11-16(15)9-17(14)18(13)12-21-19(2,3)4;1-13-9-16-15(18(13)12-21-19(2,3)4)8-7-14-10-20(5,6)11-17(14)16;1-11-9-16-14(4)12(2)13(3)15(5)18(16)17(11)10-20-19(6,7)8;1-12-8-15-9-13-6-5-7-14(13)10-16(15)17(12)11-19-18(2,3)4;;;;;;;;;;;;;;;;/h8-9,13-14,17-18H,7,10-12H2,1-6H3;7-8,13,15-16,18H,9-12H2,1-6H3;11,16-18H,9-10H2,1-8H3;9-10,12,15-17H,5-8,11H2,1-4H3;12*1H3;;;;/q16*-1;4*+4. The molecule has 0 aromatic heterocycles. The number of hydrogen-bond acceptors (Lipinski definition) is 0. The Hall–Kier alpha value is 0.617. The molecule has 6 fully saturated rings. The normalized spacial score (nSPS) is 30.9. The van der Waals surface area contributed by atoms with Crippen LogP contribution in [0.15, 0.2) is 92.2 Å². The van der Waals surface area contributed by atoms with Crippen molar-refractivity contribution in [3.8, 4) is 0 Å². The van der Waals surface area contributed by atoms with Gasteiger partial charge in [-0.2, -0.15) is 0 Å². The van der Waals surface area contributed by atoms with Gasteiger partial charge in [0.05, 0.1) is 0 Å². The number of fused-ring (bicyclic) bond motifs is 7. The fourth-order valence-corrected chi connectivity index (χ4v) is 18.0. The summed E-state index contributed by atoms with van der Waals surface area (Å²) < 4.78 is 0. The van der Waals surface area contributed by atoms with Crippen LogP contribution in [0.4, 0.5) is 0 Å². The minimum absolute atomic E-state index is 0. The molecule has 16 unspecified atom stereocenters. The third-order valence-electron chi connectivity index (χ3n) is 22.6. The van der Waals surface area contributed by atoms with E-state index in [0.29, 0.717) is 10.8 Å². The van der Waals surface area contributed by atoms with E-state index in [1.807, 2.05) is 0 Å². The predicted molar refractivity (Wildman–Crippen MR) is 431 cm³/mol. The Labute approximate surface area is 674 Å². The van der Waals surface area contributed by atoms with Gasteiger partial charge in [-0.3, -0.25) is 0 Å². The van der Waals surface area contributed by atoms with Crippen molar-refractivity contribution in [2.75, 3.05) is 26.2 Å². The van der Waals surface area contributed by atoms with E-state index in [9.17, 15) is 0 Å². The maximum Gasteiger partial charge on any atom is 4.00 e. The fourth-order valence-electron chi connectivity index (χ4n) is 18.0. The largest absolute Gasteiger partial charge is 4.00 e. The van der Waals surface area contributed by atoms with E-state index < -0.39 is 0 Å². The van der Waals surface area contributed by atoms with Gasteiger partial charge in [0.25, 0.3) is 0 Å². The Balaban J connectivity index is -0.000000144. The molecule has 552 valence electrons. The number of rotatable bonds is 8. The quantitative estimate of drug-likeness (QED) is 0.172. The zero-order valence-corrected chi connectivity index (χ0v) is 77.3. The van der Waals surface area contributed by atoms with Gasteiger partial charge in [-0.1, -0.05) is 215 Å². The molecule has 0 N–H and O–H groups in total. The second-order valence-corrected chi connectivity index (χ2v) is 35.0. The minimum atomic E-state index is 0. The predicted octanol–water partition coefficient (Wildman–Crippen LogP) is 27.7. The van der Waals surface area contributed by atoms with Crippen LogP contribution in [0.3, 0.4) is 0 Å². The molecule has 0 bridgehead atoms. The van der Waals surface area contributed by atoms with Gasteiger partial charge in [0.15, 0.2) is 0 Å². The first-order valence-corrected chi connectivity index (χ1v) is 33.7. The Morgan fingerprint density at radius 3 is 1.12 bits per heavy atom. The van der Waals surface area contributed by atoms with Gasteiger partial charge in [0, 0.05) is 0 Å². The summed E-state index contributed by atoms with van der Waals surface area (Å²) in [4.78, 5) is 0. The van der Waals surface area contributed by atoms with E-state index in [4.69, 9.17) is 21.3 Å². The number of nitrogens with zero attached hydrogens (tertiary/aromatic N) is 4. The fraction of sp³-hybridized carbons (Fsp3) is 0.685. The van der Waals surface area contributed by atoms with Crippen LogP contribution in [0.25, 0.3) is 21.3 Å².